The van der Waals surface area contributed by atoms with Crippen molar-refractivity contribution in [3.8, 4) is 0 Å². The Morgan fingerprint density at radius 1 is 1.15 bits per heavy atom. The zero-order chi connectivity index (χ0) is 15.1. The van der Waals surface area contributed by atoms with Gasteiger partial charge in [0.1, 0.15) is 0 Å². The molecule has 1 aromatic carbocycles. The summed E-state index contributed by atoms with van der Waals surface area (Å²) in [6.07, 6.45) is 0.0278. The van der Waals surface area contributed by atoms with Crippen LogP contribution in [0.2, 0.25) is 0 Å². The van der Waals surface area contributed by atoms with Crippen LogP contribution in [0.3, 0.4) is 0 Å². The Hall–Kier alpha value is -2.30. The molecule has 0 fully saturated rings. The molecule has 0 aliphatic heterocycles. The first-order valence-electron chi connectivity index (χ1n) is 6.30. The average Bonchev–Trinajstić information content (AvgIpc) is 2.34. The zero-order valence-electron chi connectivity index (χ0n) is 11.5. The lowest BCUT2D eigenvalue weighted by atomic mass is 10.1. The molecule has 1 rings (SSSR count). The highest BCUT2D eigenvalue weighted by molar-refractivity contribution is 5.70. The molecule has 2 N–H and O–H groups in total. The third-order valence-electron chi connectivity index (χ3n) is 2.71. The molecule has 0 saturated heterocycles. The predicted octanol–water partition coefficient (Wildman–Crippen LogP) is 2.17. The van der Waals surface area contributed by atoms with Gasteiger partial charge in [-0.1, -0.05) is 24.3 Å². The van der Waals surface area contributed by atoms with E-state index < -0.39 is 11.9 Å². The topological polar surface area (TPSA) is 77.8 Å². The third kappa shape index (κ3) is 5.56. The highest BCUT2D eigenvalue weighted by Gasteiger charge is 2.09. The van der Waals surface area contributed by atoms with Crippen LogP contribution in [0.15, 0.2) is 36.4 Å². The van der Waals surface area contributed by atoms with Crippen molar-refractivity contribution in [2.24, 2.45) is 0 Å². The normalized spacial score (nSPS) is 10.1. The standard InChI is InChI=1S/C15H19NO4/c1-11(2)10-16(8-7-14(17)18)13-5-3-12(4-6-13)9-15(19)20/h3-6H,1,7-10H2,2H3,(H,17,18)(H,19,20). The van der Waals surface area contributed by atoms with Gasteiger partial charge in [0.25, 0.3) is 0 Å². The van der Waals surface area contributed by atoms with Gasteiger partial charge in [-0.2, -0.15) is 0 Å². The van der Waals surface area contributed by atoms with Crippen molar-refractivity contribution in [3.63, 3.8) is 0 Å². The van der Waals surface area contributed by atoms with E-state index in [1.54, 1.807) is 12.1 Å². The highest BCUT2D eigenvalue weighted by Crippen LogP contribution is 2.17. The van der Waals surface area contributed by atoms with Crippen molar-refractivity contribution in [3.05, 3.63) is 42.0 Å². The van der Waals surface area contributed by atoms with E-state index in [9.17, 15) is 9.59 Å². The van der Waals surface area contributed by atoms with Gasteiger partial charge in [0.2, 0.25) is 0 Å². The molecule has 0 spiro atoms. The van der Waals surface area contributed by atoms with Gasteiger partial charge < -0.3 is 15.1 Å². The molecule has 20 heavy (non-hydrogen) atoms. The van der Waals surface area contributed by atoms with Crippen molar-refractivity contribution >= 4 is 17.6 Å². The maximum Gasteiger partial charge on any atom is 0.307 e. The molecule has 0 heterocycles. The molecule has 0 aliphatic carbocycles. The largest absolute Gasteiger partial charge is 0.481 e. The van der Waals surface area contributed by atoms with Gasteiger partial charge in [-0.3, -0.25) is 9.59 Å². The van der Waals surface area contributed by atoms with E-state index in [4.69, 9.17) is 10.2 Å². The molecule has 1 aromatic rings. The smallest absolute Gasteiger partial charge is 0.307 e. The molecule has 0 bridgehead atoms. The molecule has 0 unspecified atom stereocenters. The summed E-state index contributed by atoms with van der Waals surface area (Å²) < 4.78 is 0. The minimum atomic E-state index is -0.873. The predicted molar refractivity (Wildman–Crippen MR) is 77.1 cm³/mol. The number of rotatable bonds is 8. The minimum Gasteiger partial charge on any atom is -0.481 e. The van der Waals surface area contributed by atoms with E-state index in [-0.39, 0.29) is 12.8 Å². The molecule has 0 aliphatic rings. The summed E-state index contributed by atoms with van der Waals surface area (Å²) in [4.78, 5) is 23.2. The van der Waals surface area contributed by atoms with Crippen LogP contribution in [0, 0.1) is 0 Å². The van der Waals surface area contributed by atoms with Gasteiger partial charge in [-0.25, -0.2) is 0 Å². The van der Waals surface area contributed by atoms with Gasteiger partial charge in [-0.15, -0.1) is 0 Å². The van der Waals surface area contributed by atoms with Crippen molar-refractivity contribution < 1.29 is 19.8 Å². The number of anilines is 1. The molecule has 108 valence electrons. The van der Waals surface area contributed by atoms with Crippen LogP contribution < -0.4 is 4.90 Å². The summed E-state index contributed by atoms with van der Waals surface area (Å²) in [7, 11) is 0. The number of hydrogen-bond acceptors (Lipinski definition) is 3. The Morgan fingerprint density at radius 3 is 2.20 bits per heavy atom. The number of hydrogen-bond donors (Lipinski definition) is 2. The lowest BCUT2D eigenvalue weighted by Gasteiger charge is -2.24. The minimum absolute atomic E-state index is 0.0180. The first-order chi connectivity index (χ1) is 9.38. The van der Waals surface area contributed by atoms with Gasteiger partial charge in [-0.05, 0) is 24.6 Å². The Bertz CT molecular complexity index is 493. The fourth-order valence-electron chi connectivity index (χ4n) is 1.86. The van der Waals surface area contributed by atoms with Crippen LogP contribution >= 0.6 is 0 Å². The van der Waals surface area contributed by atoms with Crippen LogP contribution in [0.5, 0.6) is 0 Å². The van der Waals surface area contributed by atoms with Crippen molar-refractivity contribution in [2.45, 2.75) is 19.8 Å². The molecular weight excluding hydrogens is 258 g/mol. The fraction of sp³-hybridized carbons (Fsp3) is 0.333. The second-order valence-corrected chi connectivity index (χ2v) is 4.76. The SMILES string of the molecule is C=C(C)CN(CCC(=O)O)c1ccc(CC(=O)O)cc1. The number of carboxylic acids is 2. The third-order valence-corrected chi connectivity index (χ3v) is 2.71. The summed E-state index contributed by atoms with van der Waals surface area (Å²) in [6.45, 7) is 6.68. The van der Waals surface area contributed by atoms with E-state index in [2.05, 4.69) is 6.58 Å². The molecule has 0 atom stereocenters. The number of aliphatic carboxylic acids is 2. The van der Waals surface area contributed by atoms with Crippen molar-refractivity contribution in [1.29, 1.82) is 0 Å². The number of nitrogens with zero attached hydrogens (tertiary/aromatic N) is 1. The van der Waals surface area contributed by atoms with E-state index in [1.807, 2.05) is 24.0 Å². The van der Waals surface area contributed by atoms with E-state index in [0.29, 0.717) is 13.1 Å². The first-order valence-corrected chi connectivity index (χ1v) is 6.30. The van der Waals surface area contributed by atoms with Crippen LogP contribution in [0.1, 0.15) is 18.9 Å². The summed E-state index contributed by atoms with van der Waals surface area (Å²) in [6, 6.07) is 7.11. The Labute approximate surface area is 118 Å². The fourth-order valence-corrected chi connectivity index (χ4v) is 1.86. The van der Waals surface area contributed by atoms with Crippen LogP contribution in [-0.4, -0.2) is 35.2 Å². The molecule has 5 heteroatoms. The quantitative estimate of drug-likeness (QED) is 0.712. The van der Waals surface area contributed by atoms with Crippen LogP contribution in [0.25, 0.3) is 0 Å². The van der Waals surface area contributed by atoms with Gasteiger partial charge >= 0.3 is 11.9 Å². The maximum atomic E-state index is 10.7. The summed E-state index contributed by atoms with van der Waals surface area (Å²) in [5.41, 5.74) is 2.52. The summed E-state index contributed by atoms with van der Waals surface area (Å²) >= 11 is 0. The first kappa shape index (κ1) is 15.8. The van der Waals surface area contributed by atoms with Crippen LogP contribution in [0.4, 0.5) is 5.69 Å². The lowest BCUT2D eigenvalue weighted by molar-refractivity contribution is -0.137. The molecule has 0 aromatic heterocycles. The summed E-state index contributed by atoms with van der Waals surface area (Å²) in [5.74, 6) is -1.72. The summed E-state index contributed by atoms with van der Waals surface area (Å²) in [5, 5.41) is 17.5. The average molecular weight is 277 g/mol. The second kappa shape index (κ2) is 7.33. The monoisotopic (exact) mass is 277 g/mol. The number of carbonyl (C=O) groups is 2. The van der Waals surface area contributed by atoms with Gasteiger partial charge in [0.15, 0.2) is 0 Å². The van der Waals surface area contributed by atoms with Crippen molar-refractivity contribution in [1.82, 2.24) is 0 Å². The van der Waals surface area contributed by atoms with E-state index in [1.165, 1.54) is 0 Å². The Balaban J connectivity index is 2.81. The van der Waals surface area contributed by atoms with Gasteiger partial charge in [0, 0.05) is 18.8 Å². The molecular formula is C15H19NO4. The molecule has 5 nitrogen and oxygen atoms in total. The molecule has 0 amide bonds. The van der Waals surface area contributed by atoms with Gasteiger partial charge in [0.05, 0.1) is 12.8 Å². The number of benzene rings is 1. The van der Waals surface area contributed by atoms with E-state index in [0.717, 1.165) is 16.8 Å². The molecule has 0 radical (unpaired) electrons. The Kier molecular flexibility index (Phi) is 5.77. The second-order valence-electron chi connectivity index (χ2n) is 4.76. The number of carboxylic acid groups (broad SMARTS) is 2. The van der Waals surface area contributed by atoms with Crippen LogP contribution in [-0.2, 0) is 16.0 Å². The van der Waals surface area contributed by atoms with E-state index >= 15 is 0 Å². The molecule has 0 saturated carbocycles. The Morgan fingerprint density at radius 2 is 1.75 bits per heavy atom. The zero-order valence-corrected chi connectivity index (χ0v) is 11.5. The maximum absolute atomic E-state index is 10.7. The highest BCUT2D eigenvalue weighted by atomic mass is 16.4. The van der Waals surface area contributed by atoms with Crippen molar-refractivity contribution in [2.75, 3.05) is 18.0 Å². The lowest BCUT2D eigenvalue weighted by Crippen LogP contribution is -2.27.